The summed E-state index contributed by atoms with van der Waals surface area (Å²) in [5.74, 6) is -0.404. The van der Waals surface area contributed by atoms with E-state index >= 15 is 0 Å². The number of carbonyl (C=O) groups is 1. The van der Waals surface area contributed by atoms with Crippen molar-refractivity contribution in [2.75, 3.05) is 0 Å². The van der Waals surface area contributed by atoms with Crippen LogP contribution in [0.2, 0.25) is 0 Å². The van der Waals surface area contributed by atoms with Crippen LogP contribution in [-0.4, -0.2) is 25.3 Å². The van der Waals surface area contributed by atoms with Gasteiger partial charge in [-0.25, -0.2) is 9.07 Å². The number of aromatic nitrogens is 4. The Labute approximate surface area is 139 Å². The van der Waals surface area contributed by atoms with Crippen LogP contribution in [0.25, 0.3) is 11.8 Å². The number of nitrogens with zero attached hydrogens (tertiary/aromatic N) is 4. The summed E-state index contributed by atoms with van der Waals surface area (Å²) >= 11 is 0. The highest BCUT2D eigenvalue weighted by atomic mass is 19.1. The van der Waals surface area contributed by atoms with E-state index in [0.29, 0.717) is 5.56 Å². The van der Waals surface area contributed by atoms with E-state index in [0.717, 1.165) is 22.6 Å². The smallest absolute Gasteiger partial charge is 0.189 e. The predicted octanol–water partition coefficient (Wildman–Crippen LogP) is 3.26. The second kappa shape index (κ2) is 6.23. The van der Waals surface area contributed by atoms with Crippen LogP contribution in [-0.2, 0) is 7.05 Å². The van der Waals surface area contributed by atoms with Crippen LogP contribution < -0.4 is 0 Å². The summed E-state index contributed by atoms with van der Waals surface area (Å²) in [6.07, 6.45) is 6.48. The van der Waals surface area contributed by atoms with Crippen molar-refractivity contribution < 1.29 is 9.18 Å². The third kappa shape index (κ3) is 3.03. The van der Waals surface area contributed by atoms with Gasteiger partial charge >= 0.3 is 0 Å². The van der Waals surface area contributed by atoms with Gasteiger partial charge in [0.15, 0.2) is 5.78 Å². The summed E-state index contributed by atoms with van der Waals surface area (Å²) in [6, 6.07) is 6.13. The second-order valence-electron chi connectivity index (χ2n) is 5.57. The number of hydrogen-bond donors (Lipinski definition) is 0. The molecule has 0 saturated heterocycles. The van der Waals surface area contributed by atoms with Gasteiger partial charge in [-0.15, -0.1) is 0 Å². The fraction of sp³-hybridized carbons (Fsp3) is 0.167. The van der Waals surface area contributed by atoms with Gasteiger partial charge in [0.25, 0.3) is 0 Å². The summed E-state index contributed by atoms with van der Waals surface area (Å²) in [6.45, 7) is 3.79. The highest BCUT2D eigenvalue weighted by Crippen LogP contribution is 2.19. The Kier molecular flexibility index (Phi) is 4.12. The molecule has 0 aliphatic heterocycles. The van der Waals surface area contributed by atoms with Crippen LogP contribution in [0.5, 0.6) is 0 Å². The second-order valence-corrected chi connectivity index (χ2v) is 5.57. The number of halogens is 1. The molecule has 0 aliphatic rings. The fourth-order valence-corrected chi connectivity index (χ4v) is 2.53. The quantitative estimate of drug-likeness (QED) is 0.547. The summed E-state index contributed by atoms with van der Waals surface area (Å²) in [5, 5.41) is 8.47. The first-order valence-electron chi connectivity index (χ1n) is 7.49. The van der Waals surface area contributed by atoms with Gasteiger partial charge in [-0.3, -0.25) is 9.48 Å². The molecule has 0 bridgehead atoms. The number of carbonyl (C=O) groups excluding carboxylic acids is 1. The molecule has 0 spiro atoms. The van der Waals surface area contributed by atoms with Crippen molar-refractivity contribution in [3.05, 3.63) is 71.1 Å². The molecule has 0 aliphatic carbocycles. The van der Waals surface area contributed by atoms with Crippen LogP contribution >= 0.6 is 0 Å². The van der Waals surface area contributed by atoms with Crippen molar-refractivity contribution in [1.29, 1.82) is 0 Å². The van der Waals surface area contributed by atoms with E-state index in [1.165, 1.54) is 24.4 Å². The van der Waals surface area contributed by atoms with Gasteiger partial charge in [0.2, 0.25) is 0 Å². The number of allylic oxidation sites excluding steroid dienone is 1. The predicted molar refractivity (Wildman–Crippen MR) is 89.6 cm³/mol. The van der Waals surface area contributed by atoms with E-state index in [4.69, 9.17) is 0 Å². The molecule has 0 saturated carbocycles. The highest BCUT2D eigenvalue weighted by molar-refractivity contribution is 6.06. The molecule has 122 valence electrons. The number of ketones is 1. The van der Waals surface area contributed by atoms with Gasteiger partial charge < -0.3 is 0 Å². The molecular weight excluding hydrogens is 307 g/mol. The first-order chi connectivity index (χ1) is 11.5. The lowest BCUT2D eigenvalue weighted by Gasteiger charge is -2.04. The standard InChI is InChI=1S/C18H17FN4O/c1-12-17(8-9-18(24)14-10-20-22(3)11-14)13(2)23(21-12)16-6-4-15(19)5-7-16/h4-11H,1-3H3/b9-8+. The zero-order chi connectivity index (χ0) is 17.3. The Morgan fingerprint density at radius 3 is 2.54 bits per heavy atom. The highest BCUT2D eigenvalue weighted by Gasteiger charge is 2.12. The molecule has 0 radical (unpaired) electrons. The van der Waals surface area contributed by atoms with Crippen molar-refractivity contribution in [3.8, 4) is 5.69 Å². The SMILES string of the molecule is Cc1nn(-c2ccc(F)cc2)c(C)c1/C=C/C(=O)c1cnn(C)c1. The zero-order valence-corrected chi connectivity index (χ0v) is 13.7. The zero-order valence-electron chi connectivity index (χ0n) is 13.7. The molecule has 6 heteroatoms. The van der Waals surface area contributed by atoms with Crippen LogP contribution in [0.4, 0.5) is 4.39 Å². The Balaban J connectivity index is 1.90. The number of rotatable bonds is 4. The van der Waals surface area contributed by atoms with Crippen molar-refractivity contribution in [1.82, 2.24) is 19.6 Å². The van der Waals surface area contributed by atoms with Crippen LogP contribution in [0, 0.1) is 19.7 Å². The molecule has 24 heavy (non-hydrogen) atoms. The van der Waals surface area contributed by atoms with Gasteiger partial charge in [-0.2, -0.15) is 10.2 Å². The summed E-state index contributed by atoms with van der Waals surface area (Å²) < 4.78 is 16.4. The maximum absolute atomic E-state index is 13.1. The van der Waals surface area contributed by atoms with Crippen molar-refractivity contribution in [2.45, 2.75) is 13.8 Å². The lowest BCUT2D eigenvalue weighted by Crippen LogP contribution is -1.99. The first-order valence-corrected chi connectivity index (χ1v) is 7.49. The fourth-order valence-electron chi connectivity index (χ4n) is 2.53. The van der Waals surface area contributed by atoms with Gasteiger partial charge in [0.1, 0.15) is 5.82 Å². The Morgan fingerprint density at radius 2 is 1.92 bits per heavy atom. The van der Waals surface area contributed by atoms with E-state index in [9.17, 15) is 9.18 Å². The molecule has 0 fully saturated rings. The van der Waals surface area contributed by atoms with Gasteiger partial charge in [-0.05, 0) is 50.3 Å². The molecule has 0 amide bonds. The Hall–Kier alpha value is -3.02. The van der Waals surface area contributed by atoms with Crippen molar-refractivity contribution in [3.63, 3.8) is 0 Å². The van der Waals surface area contributed by atoms with E-state index < -0.39 is 0 Å². The number of benzene rings is 1. The Morgan fingerprint density at radius 1 is 1.21 bits per heavy atom. The molecule has 3 aromatic rings. The van der Waals surface area contributed by atoms with Crippen LogP contribution in [0.1, 0.15) is 27.3 Å². The topological polar surface area (TPSA) is 52.7 Å². The molecule has 0 N–H and O–H groups in total. The van der Waals surface area contributed by atoms with E-state index in [2.05, 4.69) is 10.2 Å². The van der Waals surface area contributed by atoms with E-state index in [1.54, 1.807) is 40.8 Å². The van der Waals surface area contributed by atoms with E-state index in [1.807, 2.05) is 13.8 Å². The third-order valence-corrected chi connectivity index (χ3v) is 3.81. The minimum Gasteiger partial charge on any atom is -0.289 e. The van der Waals surface area contributed by atoms with Gasteiger partial charge in [0, 0.05) is 24.5 Å². The molecule has 2 aromatic heterocycles. The van der Waals surface area contributed by atoms with Crippen LogP contribution in [0.15, 0.2) is 42.7 Å². The van der Waals surface area contributed by atoms with E-state index in [-0.39, 0.29) is 11.6 Å². The third-order valence-electron chi connectivity index (χ3n) is 3.81. The minimum absolute atomic E-state index is 0.114. The molecule has 2 heterocycles. The lowest BCUT2D eigenvalue weighted by atomic mass is 10.1. The van der Waals surface area contributed by atoms with Crippen molar-refractivity contribution >= 4 is 11.9 Å². The minimum atomic E-state index is -0.289. The Bertz CT molecular complexity index is 919. The number of hydrogen-bond acceptors (Lipinski definition) is 3. The van der Waals surface area contributed by atoms with Gasteiger partial charge in [0.05, 0.1) is 23.1 Å². The largest absolute Gasteiger partial charge is 0.289 e. The molecular formula is C18H17FN4O. The van der Waals surface area contributed by atoms with Crippen molar-refractivity contribution in [2.24, 2.45) is 7.05 Å². The average molecular weight is 324 g/mol. The monoisotopic (exact) mass is 324 g/mol. The average Bonchev–Trinajstić information content (AvgIpc) is 3.10. The molecule has 5 nitrogen and oxygen atoms in total. The maximum atomic E-state index is 13.1. The first kappa shape index (κ1) is 15.9. The molecule has 3 rings (SSSR count). The van der Waals surface area contributed by atoms with Crippen LogP contribution in [0.3, 0.4) is 0 Å². The normalized spacial score (nSPS) is 11.3. The summed E-state index contributed by atoms with van der Waals surface area (Å²) in [4.78, 5) is 12.2. The molecule has 0 atom stereocenters. The maximum Gasteiger partial charge on any atom is 0.189 e. The lowest BCUT2D eigenvalue weighted by molar-refractivity contribution is 0.104. The summed E-state index contributed by atoms with van der Waals surface area (Å²) in [5.41, 5.74) is 3.86. The van der Waals surface area contributed by atoms with Gasteiger partial charge in [-0.1, -0.05) is 0 Å². The molecule has 1 aromatic carbocycles. The molecule has 0 unspecified atom stereocenters. The number of aryl methyl sites for hydroxylation is 2. The summed E-state index contributed by atoms with van der Waals surface area (Å²) in [7, 11) is 1.77.